The van der Waals surface area contributed by atoms with Gasteiger partial charge in [-0.15, -0.1) is 0 Å². The summed E-state index contributed by atoms with van der Waals surface area (Å²) in [5.41, 5.74) is 1.67. The summed E-state index contributed by atoms with van der Waals surface area (Å²) in [5.74, 6) is 0.865. The highest BCUT2D eigenvalue weighted by Gasteiger charge is 2.28. The number of para-hydroxylation sites is 2. The van der Waals surface area contributed by atoms with Gasteiger partial charge in [-0.3, -0.25) is 0 Å². The van der Waals surface area contributed by atoms with E-state index in [2.05, 4.69) is 10.3 Å². The van der Waals surface area contributed by atoms with E-state index < -0.39 is 0 Å². The number of hydrogen-bond acceptors (Lipinski definition) is 5. The van der Waals surface area contributed by atoms with Gasteiger partial charge < -0.3 is 24.1 Å². The molecule has 1 aromatic carbocycles. The average molecular weight is 345 g/mol. The molecule has 7 nitrogen and oxygen atoms in total. The van der Waals surface area contributed by atoms with Crippen LogP contribution in [-0.2, 0) is 9.47 Å². The number of ether oxygens (including phenoxy) is 2. The fourth-order valence-electron chi connectivity index (χ4n) is 3.40. The summed E-state index contributed by atoms with van der Waals surface area (Å²) in [7, 11) is 0. The number of carbonyl (C=O) groups is 1. The van der Waals surface area contributed by atoms with Crippen LogP contribution in [0.1, 0.15) is 24.7 Å². The molecule has 3 heterocycles. The zero-order chi connectivity index (χ0) is 17.1. The molecule has 0 aliphatic carbocycles. The summed E-state index contributed by atoms with van der Waals surface area (Å²) in [4.78, 5) is 18.9. The Kier molecular flexibility index (Phi) is 4.85. The minimum Gasteiger partial charge on any atom is -0.440 e. The van der Waals surface area contributed by atoms with Crippen LogP contribution in [0.2, 0.25) is 0 Å². The van der Waals surface area contributed by atoms with Crippen molar-refractivity contribution < 1.29 is 18.7 Å². The Morgan fingerprint density at radius 1 is 1.32 bits per heavy atom. The number of amides is 2. The Morgan fingerprint density at radius 2 is 2.24 bits per heavy atom. The number of fused-ring (bicyclic) bond motifs is 1. The van der Waals surface area contributed by atoms with Crippen LogP contribution in [0.5, 0.6) is 0 Å². The number of aromatic nitrogens is 1. The summed E-state index contributed by atoms with van der Waals surface area (Å²) in [6.07, 6.45) is 1.87. The molecule has 7 heteroatoms. The lowest BCUT2D eigenvalue weighted by Gasteiger charge is -2.32. The van der Waals surface area contributed by atoms with E-state index in [0.29, 0.717) is 32.9 Å². The van der Waals surface area contributed by atoms with Gasteiger partial charge in [-0.25, -0.2) is 9.78 Å². The van der Waals surface area contributed by atoms with Gasteiger partial charge in [0.2, 0.25) is 0 Å². The van der Waals surface area contributed by atoms with E-state index in [1.165, 1.54) is 0 Å². The first kappa shape index (κ1) is 16.4. The van der Waals surface area contributed by atoms with Crippen molar-refractivity contribution >= 4 is 17.1 Å². The van der Waals surface area contributed by atoms with Crippen molar-refractivity contribution in [3.05, 3.63) is 30.2 Å². The first-order valence-electron chi connectivity index (χ1n) is 8.87. The molecule has 2 fully saturated rings. The zero-order valence-corrected chi connectivity index (χ0v) is 14.1. The quantitative estimate of drug-likeness (QED) is 0.922. The van der Waals surface area contributed by atoms with Gasteiger partial charge in [0, 0.05) is 19.6 Å². The number of benzene rings is 1. The first-order chi connectivity index (χ1) is 12.3. The lowest BCUT2D eigenvalue weighted by Crippen LogP contribution is -2.48. The van der Waals surface area contributed by atoms with Crippen molar-refractivity contribution in [1.29, 1.82) is 0 Å². The van der Waals surface area contributed by atoms with E-state index in [9.17, 15) is 4.79 Å². The van der Waals surface area contributed by atoms with Gasteiger partial charge >= 0.3 is 6.03 Å². The molecule has 0 saturated carbocycles. The normalized spacial score (nSPS) is 24.4. The van der Waals surface area contributed by atoms with E-state index in [1.54, 1.807) is 0 Å². The lowest BCUT2D eigenvalue weighted by atomic mass is 9.98. The molecule has 0 spiro atoms. The molecular weight excluding hydrogens is 322 g/mol. The van der Waals surface area contributed by atoms with E-state index in [1.807, 2.05) is 29.2 Å². The molecule has 2 aliphatic rings. The minimum absolute atomic E-state index is 0.0599. The second-order valence-corrected chi connectivity index (χ2v) is 6.56. The molecule has 2 aromatic rings. The molecule has 4 rings (SSSR count). The lowest BCUT2D eigenvalue weighted by molar-refractivity contribution is -0.0856. The number of oxazole rings is 1. The topological polar surface area (TPSA) is 76.8 Å². The van der Waals surface area contributed by atoms with Crippen LogP contribution in [0.4, 0.5) is 4.79 Å². The van der Waals surface area contributed by atoms with Gasteiger partial charge in [-0.2, -0.15) is 0 Å². The van der Waals surface area contributed by atoms with Gasteiger partial charge in [0.1, 0.15) is 5.52 Å². The summed E-state index contributed by atoms with van der Waals surface area (Å²) in [6, 6.07) is 7.70. The van der Waals surface area contributed by atoms with Gasteiger partial charge in [0.05, 0.1) is 31.8 Å². The SMILES string of the molecule is O=C(NC[C@H]1COCCO1)N1CCC[C@H](c2nc3ccccc3o2)C1. The first-order valence-corrected chi connectivity index (χ1v) is 8.87. The van der Waals surface area contributed by atoms with E-state index in [4.69, 9.17) is 13.9 Å². The molecule has 0 radical (unpaired) electrons. The predicted molar refractivity (Wildman–Crippen MR) is 91.5 cm³/mol. The third-order valence-corrected chi connectivity index (χ3v) is 4.73. The Labute approximate surface area is 146 Å². The van der Waals surface area contributed by atoms with E-state index in [0.717, 1.165) is 36.4 Å². The highest BCUT2D eigenvalue weighted by molar-refractivity contribution is 5.74. The third-order valence-electron chi connectivity index (χ3n) is 4.73. The second kappa shape index (κ2) is 7.41. The summed E-state index contributed by atoms with van der Waals surface area (Å²) < 4.78 is 16.8. The Balaban J connectivity index is 1.35. The number of piperidine rings is 1. The number of rotatable bonds is 3. The fraction of sp³-hybridized carbons (Fsp3) is 0.556. The van der Waals surface area contributed by atoms with Crippen LogP contribution in [0.15, 0.2) is 28.7 Å². The maximum Gasteiger partial charge on any atom is 0.317 e. The van der Waals surface area contributed by atoms with Gasteiger partial charge in [-0.1, -0.05) is 12.1 Å². The number of carbonyl (C=O) groups excluding carboxylic acids is 1. The monoisotopic (exact) mass is 345 g/mol. The minimum atomic E-state index is -0.0602. The molecule has 2 amide bonds. The number of nitrogens with one attached hydrogen (secondary N) is 1. The van der Waals surface area contributed by atoms with Gasteiger partial charge in [0.25, 0.3) is 0 Å². The van der Waals surface area contributed by atoms with Crippen LogP contribution in [0, 0.1) is 0 Å². The van der Waals surface area contributed by atoms with Crippen LogP contribution < -0.4 is 5.32 Å². The largest absolute Gasteiger partial charge is 0.440 e. The predicted octanol–water partition coefficient (Wildman–Crippen LogP) is 2.13. The summed E-state index contributed by atoms with van der Waals surface area (Å²) in [5, 5.41) is 2.95. The number of likely N-dealkylation sites (tertiary alicyclic amines) is 1. The van der Waals surface area contributed by atoms with Gasteiger partial charge in [0.15, 0.2) is 11.5 Å². The number of nitrogens with zero attached hydrogens (tertiary/aromatic N) is 2. The second-order valence-electron chi connectivity index (χ2n) is 6.56. The van der Waals surface area contributed by atoms with Crippen LogP contribution in [-0.4, -0.2) is 61.5 Å². The number of urea groups is 1. The summed E-state index contributed by atoms with van der Waals surface area (Å²) in [6.45, 7) is 3.60. The third kappa shape index (κ3) is 3.77. The molecule has 2 aliphatic heterocycles. The van der Waals surface area contributed by atoms with Crippen molar-refractivity contribution in [1.82, 2.24) is 15.2 Å². The van der Waals surface area contributed by atoms with Crippen molar-refractivity contribution in [2.75, 3.05) is 39.5 Å². The molecule has 2 saturated heterocycles. The van der Waals surface area contributed by atoms with Crippen molar-refractivity contribution in [3.63, 3.8) is 0 Å². The highest BCUT2D eigenvalue weighted by atomic mass is 16.6. The Hall–Kier alpha value is -2.12. The van der Waals surface area contributed by atoms with Crippen LogP contribution in [0.3, 0.4) is 0 Å². The van der Waals surface area contributed by atoms with E-state index >= 15 is 0 Å². The van der Waals surface area contributed by atoms with Crippen molar-refractivity contribution in [2.45, 2.75) is 24.9 Å². The van der Waals surface area contributed by atoms with Crippen molar-refractivity contribution in [2.24, 2.45) is 0 Å². The smallest absolute Gasteiger partial charge is 0.317 e. The maximum absolute atomic E-state index is 12.5. The fourth-order valence-corrected chi connectivity index (χ4v) is 3.40. The van der Waals surface area contributed by atoms with Crippen molar-refractivity contribution in [3.8, 4) is 0 Å². The molecule has 134 valence electrons. The number of hydrogen-bond donors (Lipinski definition) is 1. The van der Waals surface area contributed by atoms with Crippen LogP contribution >= 0.6 is 0 Å². The highest BCUT2D eigenvalue weighted by Crippen LogP contribution is 2.28. The standard InChI is InChI=1S/C18H23N3O4/c22-18(19-10-14-12-23-8-9-24-14)21-7-3-4-13(11-21)17-20-15-5-1-2-6-16(15)25-17/h1-2,5-6,13-14H,3-4,7-12H2,(H,19,22)/t13-,14-/m0/s1. The van der Waals surface area contributed by atoms with E-state index in [-0.39, 0.29) is 18.1 Å². The molecule has 1 aromatic heterocycles. The average Bonchev–Trinajstić information content (AvgIpc) is 3.11. The molecule has 2 atom stereocenters. The van der Waals surface area contributed by atoms with Crippen LogP contribution in [0.25, 0.3) is 11.1 Å². The summed E-state index contributed by atoms with van der Waals surface area (Å²) >= 11 is 0. The zero-order valence-electron chi connectivity index (χ0n) is 14.1. The maximum atomic E-state index is 12.5. The molecular formula is C18H23N3O4. The molecule has 0 bridgehead atoms. The molecule has 25 heavy (non-hydrogen) atoms. The molecule has 1 N–H and O–H groups in total. The Bertz CT molecular complexity index is 693. The Morgan fingerprint density at radius 3 is 3.08 bits per heavy atom. The molecule has 0 unspecified atom stereocenters. The van der Waals surface area contributed by atoms with Gasteiger partial charge in [-0.05, 0) is 25.0 Å².